The van der Waals surface area contributed by atoms with E-state index < -0.39 is 11.9 Å². The summed E-state index contributed by atoms with van der Waals surface area (Å²) in [5.74, 6) is 0. The van der Waals surface area contributed by atoms with E-state index in [4.69, 9.17) is 0 Å². The van der Waals surface area contributed by atoms with Crippen molar-refractivity contribution in [2.75, 3.05) is 7.05 Å². The Morgan fingerprint density at radius 1 is 1.15 bits per heavy atom. The fourth-order valence-corrected chi connectivity index (χ4v) is 1.79. The van der Waals surface area contributed by atoms with Crippen LogP contribution >= 0.6 is 0 Å². The third-order valence-corrected chi connectivity index (χ3v) is 3.22. The third-order valence-electron chi connectivity index (χ3n) is 3.22. The first kappa shape index (κ1) is 14.5. The molecule has 20 heavy (non-hydrogen) atoms. The molecule has 0 spiro atoms. The molecule has 0 unspecified atom stereocenters. The SMILES string of the molecule is CNC(C)(C)c1cncn1-c1ccc(C(F)(F)F)nc1. The van der Waals surface area contributed by atoms with Gasteiger partial charge in [0.1, 0.15) is 5.69 Å². The van der Waals surface area contributed by atoms with Gasteiger partial charge < -0.3 is 5.32 Å². The Morgan fingerprint density at radius 2 is 1.85 bits per heavy atom. The second kappa shape index (κ2) is 4.90. The molecule has 0 saturated carbocycles. The number of halogens is 3. The number of imidazole rings is 1. The minimum atomic E-state index is -4.43. The minimum absolute atomic E-state index is 0.362. The monoisotopic (exact) mass is 284 g/mol. The molecule has 2 aromatic heterocycles. The van der Waals surface area contributed by atoms with Crippen LogP contribution in [0.2, 0.25) is 0 Å². The average Bonchev–Trinajstić information content (AvgIpc) is 2.88. The summed E-state index contributed by atoms with van der Waals surface area (Å²) in [4.78, 5) is 7.52. The van der Waals surface area contributed by atoms with Gasteiger partial charge in [-0.05, 0) is 33.0 Å². The van der Waals surface area contributed by atoms with Crippen molar-refractivity contribution in [1.82, 2.24) is 19.9 Å². The normalized spacial score (nSPS) is 12.7. The van der Waals surface area contributed by atoms with Crippen LogP contribution in [-0.4, -0.2) is 21.6 Å². The second-order valence-electron chi connectivity index (χ2n) is 4.92. The molecule has 7 heteroatoms. The molecule has 0 aromatic carbocycles. The Hall–Kier alpha value is -1.89. The average molecular weight is 284 g/mol. The highest BCUT2D eigenvalue weighted by atomic mass is 19.4. The molecule has 0 aliphatic heterocycles. The van der Waals surface area contributed by atoms with Gasteiger partial charge in [-0.3, -0.25) is 4.57 Å². The number of nitrogens with one attached hydrogen (secondary N) is 1. The van der Waals surface area contributed by atoms with E-state index in [0.717, 1.165) is 11.8 Å². The quantitative estimate of drug-likeness (QED) is 0.942. The lowest BCUT2D eigenvalue weighted by molar-refractivity contribution is -0.141. The van der Waals surface area contributed by atoms with E-state index in [1.807, 2.05) is 20.9 Å². The molecule has 108 valence electrons. The van der Waals surface area contributed by atoms with Crippen molar-refractivity contribution in [3.63, 3.8) is 0 Å². The largest absolute Gasteiger partial charge is 0.433 e. The number of nitrogens with zero attached hydrogens (tertiary/aromatic N) is 3. The number of pyridine rings is 1. The van der Waals surface area contributed by atoms with Gasteiger partial charge in [0, 0.05) is 0 Å². The van der Waals surface area contributed by atoms with E-state index in [1.165, 1.54) is 12.3 Å². The fourth-order valence-electron chi connectivity index (χ4n) is 1.79. The zero-order valence-electron chi connectivity index (χ0n) is 11.4. The van der Waals surface area contributed by atoms with Crippen molar-refractivity contribution in [3.05, 3.63) is 42.2 Å². The molecule has 0 bridgehead atoms. The summed E-state index contributed by atoms with van der Waals surface area (Å²) in [7, 11) is 1.81. The number of alkyl halides is 3. The number of hydrogen-bond acceptors (Lipinski definition) is 3. The van der Waals surface area contributed by atoms with Crippen LogP contribution < -0.4 is 5.32 Å². The van der Waals surface area contributed by atoms with Crippen LogP contribution in [0.15, 0.2) is 30.9 Å². The molecule has 2 aromatic rings. The highest BCUT2D eigenvalue weighted by Crippen LogP contribution is 2.28. The summed E-state index contributed by atoms with van der Waals surface area (Å²) in [5.41, 5.74) is 0.102. The van der Waals surface area contributed by atoms with E-state index in [9.17, 15) is 13.2 Å². The standard InChI is InChI=1S/C13H15F3N4/c1-12(2,17-3)11-7-18-8-20(11)9-4-5-10(19-6-9)13(14,15)16/h4-8,17H,1-3H3. The minimum Gasteiger partial charge on any atom is -0.310 e. The molecule has 0 fully saturated rings. The topological polar surface area (TPSA) is 42.7 Å². The summed E-state index contributed by atoms with van der Waals surface area (Å²) in [6, 6.07) is 2.35. The lowest BCUT2D eigenvalue weighted by Crippen LogP contribution is -2.35. The first-order chi connectivity index (χ1) is 9.25. The molecule has 0 saturated heterocycles. The lowest BCUT2D eigenvalue weighted by Gasteiger charge is -2.25. The van der Waals surface area contributed by atoms with Crippen LogP contribution in [0.5, 0.6) is 0 Å². The molecule has 0 amide bonds. The van der Waals surface area contributed by atoms with Crippen molar-refractivity contribution in [1.29, 1.82) is 0 Å². The maximum absolute atomic E-state index is 12.5. The maximum Gasteiger partial charge on any atom is 0.433 e. The van der Waals surface area contributed by atoms with E-state index >= 15 is 0 Å². The molecule has 1 N–H and O–H groups in total. The molecule has 2 heterocycles. The van der Waals surface area contributed by atoms with Crippen LogP contribution in [0.4, 0.5) is 13.2 Å². The van der Waals surface area contributed by atoms with Crippen molar-refractivity contribution >= 4 is 0 Å². The summed E-state index contributed by atoms with van der Waals surface area (Å²) < 4.78 is 39.2. The van der Waals surface area contributed by atoms with Crippen molar-refractivity contribution in [3.8, 4) is 5.69 Å². The van der Waals surface area contributed by atoms with Crippen LogP contribution in [0.1, 0.15) is 25.2 Å². The lowest BCUT2D eigenvalue weighted by atomic mass is 10.0. The third kappa shape index (κ3) is 2.67. The second-order valence-corrected chi connectivity index (χ2v) is 4.92. The first-order valence-electron chi connectivity index (χ1n) is 6.01. The number of aromatic nitrogens is 3. The van der Waals surface area contributed by atoms with E-state index in [1.54, 1.807) is 17.1 Å². The Balaban J connectivity index is 2.41. The molecule has 2 rings (SSSR count). The van der Waals surface area contributed by atoms with Crippen LogP contribution in [0.3, 0.4) is 0 Å². The highest BCUT2D eigenvalue weighted by molar-refractivity contribution is 5.34. The predicted molar refractivity (Wildman–Crippen MR) is 68.4 cm³/mol. The smallest absolute Gasteiger partial charge is 0.310 e. The van der Waals surface area contributed by atoms with Crippen LogP contribution in [-0.2, 0) is 11.7 Å². The van der Waals surface area contributed by atoms with Gasteiger partial charge in [-0.1, -0.05) is 0 Å². The maximum atomic E-state index is 12.5. The van der Waals surface area contributed by atoms with Crippen LogP contribution in [0, 0.1) is 0 Å². The van der Waals surface area contributed by atoms with Gasteiger partial charge in [0.25, 0.3) is 0 Å². The van der Waals surface area contributed by atoms with E-state index in [2.05, 4.69) is 15.3 Å². The Bertz CT molecular complexity index is 584. The van der Waals surface area contributed by atoms with Crippen molar-refractivity contribution in [2.24, 2.45) is 0 Å². The van der Waals surface area contributed by atoms with Gasteiger partial charge in [-0.2, -0.15) is 13.2 Å². The number of rotatable bonds is 3. The van der Waals surface area contributed by atoms with Gasteiger partial charge in [0.15, 0.2) is 0 Å². The highest BCUT2D eigenvalue weighted by Gasteiger charge is 2.32. The summed E-state index contributed by atoms with van der Waals surface area (Å²) in [6.07, 6.45) is -0.00679. The Labute approximate surface area is 114 Å². The van der Waals surface area contributed by atoms with Gasteiger partial charge in [-0.15, -0.1) is 0 Å². The molecule has 0 aliphatic carbocycles. The molecule has 0 atom stereocenters. The summed E-state index contributed by atoms with van der Waals surface area (Å²) in [6.45, 7) is 3.91. The van der Waals surface area contributed by atoms with E-state index in [0.29, 0.717) is 5.69 Å². The van der Waals surface area contributed by atoms with Gasteiger partial charge in [0.2, 0.25) is 0 Å². The molecule has 0 radical (unpaired) electrons. The van der Waals surface area contributed by atoms with Crippen molar-refractivity contribution < 1.29 is 13.2 Å². The fraction of sp³-hybridized carbons (Fsp3) is 0.385. The zero-order chi connectivity index (χ0) is 15.0. The Kier molecular flexibility index (Phi) is 3.56. The number of hydrogen-bond donors (Lipinski definition) is 1. The predicted octanol–water partition coefficient (Wildman–Crippen LogP) is 2.74. The van der Waals surface area contributed by atoms with Gasteiger partial charge >= 0.3 is 6.18 Å². The first-order valence-corrected chi connectivity index (χ1v) is 6.01. The molecule has 0 aliphatic rings. The molecular weight excluding hydrogens is 269 g/mol. The van der Waals surface area contributed by atoms with Gasteiger partial charge in [0.05, 0.1) is 35.6 Å². The van der Waals surface area contributed by atoms with Gasteiger partial charge in [-0.25, -0.2) is 9.97 Å². The molecular formula is C13H15F3N4. The summed E-state index contributed by atoms with van der Waals surface area (Å²) in [5, 5.41) is 3.13. The summed E-state index contributed by atoms with van der Waals surface area (Å²) >= 11 is 0. The van der Waals surface area contributed by atoms with Crippen LogP contribution in [0.25, 0.3) is 5.69 Å². The Morgan fingerprint density at radius 3 is 2.35 bits per heavy atom. The molecule has 4 nitrogen and oxygen atoms in total. The van der Waals surface area contributed by atoms with Crippen molar-refractivity contribution in [2.45, 2.75) is 25.6 Å². The van der Waals surface area contributed by atoms with E-state index in [-0.39, 0.29) is 5.54 Å². The zero-order valence-corrected chi connectivity index (χ0v) is 11.4.